The average molecular weight is 1860 g/mol. The molecule has 10 atom stereocenters. The molecule has 10 aromatic rings. The molecule has 1 saturated heterocycles. The van der Waals surface area contributed by atoms with E-state index in [1.807, 2.05) is 0 Å². The molecule has 0 spiro atoms. The van der Waals surface area contributed by atoms with Gasteiger partial charge in [0.1, 0.15) is 77.2 Å². The average Bonchev–Trinajstić information content (AvgIpc) is 1.59. The zero-order valence-corrected chi connectivity index (χ0v) is 73.1. The lowest BCUT2D eigenvalue weighted by molar-refractivity contribution is -0.142. The maximum absolute atomic E-state index is 15.6. The second-order valence-electron chi connectivity index (χ2n) is 32.7. The number of carbonyl (C=O) groups excluding carboxylic acids is 13. The number of aromatic hydroxyl groups is 2. The zero-order valence-electron chi connectivity index (χ0n) is 72.3. The number of aromatic amines is 3. The minimum atomic E-state index is -2.13. The first kappa shape index (κ1) is 95.1. The molecule has 135 heavy (non-hydrogen) atoms. The molecule has 700 valence electrons. The number of H-pyrrole nitrogens is 3. The van der Waals surface area contributed by atoms with Crippen LogP contribution in [0.5, 0.6) is 11.5 Å². The highest BCUT2D eigenvalue weighted by Gasteiger charge is 2.44. The van der Waals surface area contributed by atoms with Crippen LogP contribution in [0.2, 0.25) is 0 Å². The molecule has 0 radical (unpaired) electrons. The Kier molecular flexibility index (Phi) is 29.9. The van der Waals surface area contributed by atoms with Crippen molar-refractivity contribution in [3.63, 3.8) is 0 Å². The number of aliphatic hydroxyl groups is 2. The molecule has 0 saturated carbocycles. The number of aliphatic hydroxyl groups excluding tert-OH is 2. The van der Waals surface area contributed by atoms with Crippen LogP contribution in [0.15, 0.2) is 191 Å². The molecule has 7 heterocycles. The van der Waals surface area contributed by atoms with E-state index in [9.17, 15) is 83.4 Å². The summed E-state index contributed by atoms with van der Waals surface area (Å²) in [6.07, 6.45) is 2.22. The third-order valence-electron chi connectivity index (χ3n) is 23.4. The van der Waals surface area contributed by atoms with Crippen molar-refractivity contribution >= 4 is 144 Å². The number of hydrogen-bond donors (Lipinski definition) is 20. The largest absolute Gasteiger partial charge is 0.508 e. The quantitative estimate of drug-likeness (QED) is 0.0341. The first-order valence-electron chi connectivity index (χ1n) is 43.1. The lowest BCUT2D eigenvalue weighted by Crippen LogP contribution is -2.62. The molecule has 41 heteroatoms. The number of aliphatic carboxylic acids is 1. The van der Waals surface area contributed by atoms with Crippen LogP contribution in [0.1, 0.15) is 88.9 Å². The topological polar surface area (TPSA) is 622 Å². The van der Waals surface area contributed by atoms with Gasteiger partial charge in [-0.1, -0.05) is 78.9 Å². The van der Waals surface area contributed by atoms with Crippen molar-refractivity contribution in [2.45, 2.75) is 143 Å². The number of carboxylic acids is 2. The number of nitrogens with one attached hydrogen (secondary N) is 13. The monoisotopic (exact) mass is 1860 g/mol. The Bertz CT molecular complexity index is 6630. The van der Waals surface area contributed by atoms with E-state index in [4.69, 9.17) is 10.2 Å². The summed E-state index contributed by atoms with van der Waals surface area (Å²) in [6.45, 7) is -2.05. The Hall–Kier alpha value is -16.0. The number of phenolic OH excluding ortho intramolecular Hbond substituents is 2. The van der Waals surface area contributed by atoms with Gasteiger partial charge in [0.15, 0.2) is 5.43 Å². The van der Waals surface area contributed by atoms with Gasteiger partial charge in [-0.2, -0.15) is 0 Å². The van der Waals surface area contributed by atoms with Gasteiger partial charge in [-0.15, -0.1) is 11.8 Å². The number of para-hydroxylation sites is 2. The van der Waals surface area contributed by atoms with Crippen molar-refractivity contribution in [3.05, 3.63) is 226 Å². The lowest BCUT2D eigenvalue weighted by Gasteiger charge is -2.28. The second kappa shape index (κ2) is 42.5. The number of hydrogen-bond acceptors (Lipinski definition) is 23. The van der Waals surface area contributed by atoms with Gasteiger partial charge in [0.2, 0.25) is 76.8 Å². The zero-order chi connectivity index (χ0) is 96.0. The number of amides is 13. The normalized spacial score (nSPS) is 20.4. The van der Waals surface area contributed by atoms with Gasteiger partial charge in [-0.05, 0) is 108 Å². The Balaban J connectivity index is 0.792. The summed E-state index contributed by atoms with van der Waals surface area (Å²) in [7, 11) is 0. The molecule has 3 aliphatic heterocycles. The maximum Gasteiger partial charge on any atom is 0.336 e. The molecule has 0 bridgehead atoms. The van der Waals surface area contributed by atoms with Gasteiger partial charge in [-0.3, -0.25) is 76.8 Å². The van der Waals surface area contributed by atoms with Crippen molar-refractivity contribution in [1.82, 2.24) is 82.6 Å². The Morgan fingerprint density at radius 2 is 1.11 bits per heavy atom. The predicted octanol–water partition coefficient (Wildman–Crippen LogP) is 2.09. The number of nitrogens with zero attached hydrogens (tertiary/aromatic N) is 3. The summed E-state index contributed by atoms with van der Waals surface area (Å²) in [5.74, 6) is -17.9. The van der Waals surface area contributed by atoms with Crippen LogP contribution in [0.3, 0.4) is 0 Å². The van der Waals surface area contributed by atoms with E-state index in [0.29, 0.717) is 76.4 Å². The van der Waals surface area contributed by atoms with Crippen LogP contribution < -0.4 is 64.3 Å². The number of imidazole rings is 1. The highest BCUT2D eigenvalue weighted by molar-refractivity contribution is 7.99. The smallest absolute Gasteiger partial charge is 0.336 e. The first-order valence-corrected chi connectivity index (χ1v) is 44.0. The molecule has 1 aliphatic carbocycles. The molecule has 40 nitrogen and oxygen atoms in total. The SMILES string of the molecule is CC(=O)N[C@H]1CCCCn2c(c3ccccc3c2C2CC(=O)N(CCNC(=O)Cc3ccc(C(=O)O)c(-c4c5ccc(=O)cc-5oc5cc(O)ccc45)c3)C2=O)SC[C@@H](C(N)=O)NC(=O)[C@H](Cc2c[nH]c3ccccc23)NC(=O)[C@H](Cc2ccc(O)cc2)NC(=O)[C@H](Cc2cnc[nH]2)NC(=O)[C@H](Cc2c[nH]c3ccccc23)NC(=O)C(CO)NC(=O)[C@H](CC(=O)O)NC(=O)[C@H](CO)NC1=O. The number of benzene rings is 7. The Morgan fingerprint density at radius 1 is 0.556 bits per heavy atom. The number of aromatic nitrogens is 5. The third kappa shape index (κ3) is 22.6. The molecular weight excluding hydrogens is 1770 g/mol. The molecule has 2 unspecified atom stereocenters. The number of nitrogens with two attached hydrogens (primary N) is 1. The minimum absolute atomic E-state index is 0.00938. The van der Waals surface area contributed by atoms with Crippen molar-refractivity contribution in [1.29, 1.82) is 0 Å². The van der Waals surface area contributed by atoms with Crippen LogP contribution in [0.4, 0.5) is 0 Å². The molecule has 14 rings (SSSR count). The molecule has 4 aromatic heterocycles. The number of rotatable bonds is 22. The summed E-state index contributed by atoms with van der Waals surface area (Å²) in [6, 6.07) is 22.6. The fourth-order valence-electron chi connectivity index (χ4n) is 16.8. The number of fused-ring (bicyclic) bond motifs is 7. The number of thioether (sulfide) groups is 1. The van der Waals surface area contributed by atoms with Gasteiger partial charge in [0.25, 0.3) is 0 Å². The van der Waals surface area contributed by atoms with Gasteiger partial charge >= 0.3 is 11.9 Å². The minimum Gasteiger partial charge on any atom is -0.508 e. The molecule has 13 amide bonds. The van der Waals surface area contributed by atoms with Gasteiger partial charge < -0.3 is 113 Å². The Labute approximate surface area is 770 Å². The van der Waals surface area contributed by atoms with Crippen LogP contribution in [-0.4, -0.2) is 235 Å². The molecule has 21 N–H and O–H groups in total. The van der Waals surface area contributed by atoms with Gasteiger partial charge in [-0.25, -0.2) is 9.78 Å². The highest BCUT2D eigenvalue weighted by atomic mass is 32.2. The van der Waals surface area contributed by atoms with E-state index in [1.165, 1.54) is 91.4 Å². The highest BCUT2D eigenvalue weighted by Crippen LogP contribution is 2.44. The number of carboxylic acid groups (broad SMARTS) is 2. The van der Waals surface area contributed by atoms with Crippen LogP contribution >= 0.6 is 11.8 Å². The summed E-state index contributed by atoms with van der Waals surface area (Å²) in [4.78, 5) is 243. The molecule has 1 fully saturated rings. The second-order valence-corrected chi connectivity index (χ2v) is 33.8. The number of imide groups is 1. The predicted molar refractivity (Wildman–Crippen MR) is 487 cm³/mol. The number of phenols is 2. The number of likely N-dealkylation sites (tertiary alicyclic amines) is 1. The fraction of sp³-hybridized carbons (Fsp3) is 0.287. The summed E-state index contributed by atoms with van der Waals surface area (Å²) < 4.78 is 7.72. The fourth-order valence-corrected chi connectivity index (χ4v) is 18.0. The summed E-state index contributed by atoms with van der Waals surface area (Å²) in [5.41, 5.74) is 9.99. The van der Waals surface area contributed by atoms with E-state index in [2.05, 4.69) is 73.1 Å². The summed E-state index contributed by atoms with van der Waals surface area (Å²) in [5, 5.41) is 91.3. The van der Waals surface area contributed by atoms with E-state index in [-0.39, 0.29) is 116 Å². The lowest BCUT2D eigenvalue weighted by atomic mass is 9.89. The number of aromatic carboxylic acids is 1. The van der Waals surface area contributed by atoms with Crippen molar-refractivity contribution < 1.29 is 107 Å². The first-order chi connectivity index (χ1) is 64.9. The van der Waals surface area contributed by atoms with Crippen molar-refractivity contribution in [2.75, 3.05) is 32.1 Å². The maximum atomic E-state index is 15.6. The van der Waals surface area contributed by atoms with Crippen molar-refractivity contribution in [3.8, 4) is 33.9 Å². The van der Waals surface area contributed by atoms with Crippen molar-refractivity contribution in [2.24, 2.45) is 5.73 Å². The molecule has 4 aliphatic rings. The molecular formula is C94H95N17O23S. The third-order valence-corrected chi connectivity index (χ3v) is 24.6. The van der Waals surface area contributed by atoms with E-state index in [0.717, 1.165) is 23.6 Å². The van der Waals surface area contributed by atoms with Crippen LogP contribution in [-0.2, 0) is 106 Å². The molecule has 6 aromatic carbocycles. The van der Waals surface area contributed by atoms with Crippen LogP contribution in [0, 0.1) is 0 Å². The van der Waals surface area contributed by atoms with Crippen LogP contribution in [0.25, 0.3) is 66.0 Å². The van der Waals surface area contributed by atoms with Gasteiger partial charge in [0.05, 0.1) is 48.9 Å². The van der Waals surface area contributed by atoms with E-state index < -0.39 is 187 Å². The van der Waals surface area contributed by atoms with Gasteiger partial charge in [0, 0.05) is 156 Å². The standard InChI is InChI=1S/C94H95N17O23S/c1-47(114)101-67-16-8-9-28-111-82(64-38-79(119)110(92(64)131)29-27-97-78(118)32-49-19-24-60(94(132)133)63(30-49)81-61-25-22-54(116)36-76(61)134-77-37-55(117)23-26-62(77)81)58-12-2-3-13-59(58)93(111)135-45-75(83(95)122)109-87(126)70(34-51-41-99-66-15-7-5-11-57(51)66)103-85(124)68(31-48-17-20-53(115)21-18-48)102-88(127)71(35-52-42-96-46-100-52)105-86(125)69(33-50-40-98-65-14-6-4-10-56(50)65)104-90(129)74(44-113)108-89(128)72(39-80(120)121)106-91(130)73(43-112)107-84(67)123/h2-7,10-15,17-26,30,36-37,40-42,46,64,67-75,98-99,112-113,115-116H,8-9,16,27-29,31-35,38-39,43-45H2,1H3,(H2,95,122)(H,96,100)(H,97,118)(H,101,114)(H,102,127)(H,103,124)(H,104,129)(H,105,125)(H,106,130)(H,107,123)(H,108,128)(H,109,126)(H,120,121)(H,132,133)/t64?,67-,68-,69-,70-,71-,72-,73-,74?,75-/m0/s1. The Morgan fingerprint density at radius 3 is 1.71 bits per heavy atom. The number of carbonyl (C=O) groups is 15. The number of primary amides is 1. The summed E-state index contributed by atoms with van der Waals surface area (Å²) >= 11 is 0.991. The van der Waals surface area contributed by atoms with E-state index in [1.54, 1.807) is 89.8 Å². The van der Waals surface area contributed by atoms with E-state index >= 15 is 24.0 Å².